The fourth-order valence-corrected chi connectivity index (χ4v) is 2.76. The lowest BCUT2D eigenvalue weighted by molar-refractivity contribution is -0.149. The summed E-state index contributed by atoms with van der Waals surface area (Å²) >= 11 is 5.48. The third kappa shape index (κ3) is 14.7. The number of aromatic nitrogens is 1. The minimum Gasteiger partial charge on any atom is -0.508 e. The number of primary amides is 1. The fraction of sp³-hybridized carbons (Fsp3) is 0.440. The molecule has 1 aromatic carbocycles. The minimum absolute atomic E-state index is 0.0451. The molecular weight excluding hydrogens is 492 g/mol. The average molecular weight is 527 g/mol. The van der Waals surface area contributed by atoms with Gasteiger partial charge in [0.05, 0.1) is 13.2 Å². The van der Waals surface area contributed by atoms with E-state index in [9.17, 15) is 14.4 Å². The van der Waals surface area contributed by atoms with Gasteiger partial charge >= 0.3 is 11.9 Å². The van der Waals surface area contributed by atoms with Crippen molar-refractivity contribution in [2.45, 2.75) is 53.6 Å². The van der Waals surface area contributed by atoms with Gasteiger partial charge in [0.15, 0.2) is 17.2 Å². The molecule has 0 spiro atoms. The Morgan fingerprint density at radius 3 is 2.28 bits per heavy atom. The molecule has 1 atom stereocenters. The normalized spacial score (nSPS) is 10.6. The van der Waals surface area contributed by atoms with Crippen LogP contribution in [0.5, 0.6) is 17.2 Å². The summed E-state index contributed by atoms with van der Waals surface area (Å²) in [4.78, 5) is 36.2. The van der Waals surface area contributed by atoms with Gasteiger partial charge in [-0.25, -0.2) is 4.98 Å². The Bertz CT molecular complexity index is 952. The second kappa shape index (κ2) is 17.8. The standard InChI is InChI=1S/C10H12N2O5.C9H18O2.C6H5ClO/c1-6(13)16-5-17-9-7(15-2)3-4-12-8(9)10(11)14;1-5-9(10)11-8(4)6-7(2)3;7-5-2-1-3-6(8)4-5/h3-4H,5H2,1-2H3,(H2,11,14);7-8H,5-6H2,1-4H3;1-4,8H. The van der Waals surface area contributed by atoms with Gasteiger partial charge in [-0.2, -0.15) is 0 Å². The maximum Gasteiger partial charge on any atom is 0.305 e. The minimum atomic E-state index is -0.762. The van der Waals surface area contributed by atoms with Crippen LogP contribution in [0, 0.1) is 5.92 Å². The number of carbonyl (C=O) groups is 3. The molecule has 2 aromatic rings. The molecule has 0 aliphatic rings. The molecule has 2 rings (SSSR count). The van der Waals surface area contributed by atoms with Crippen LogP contribution in [-0.2, 0) is 19.1 Å². The van der Waals surface area contributed by atoms with Crippen LogP contribution >= 0.6 is 11.6 Å². The maximum absolute atomic E-state index is 11.1. The number of ether oxygens (including phenoxy) is 4. The van der Waals surface area contributed by atoms with Crippen molar-refractivity contribution < 1.29 is 38.4 Å². The Labute approximate surface area is 216 Å². The zero-order valence-electron chi connectivity index (χ0n) is 21.4. The second-order valence-electron chi connectivity index (χ2n) is 7.72. The van der Waals surface area contributed by atoms with Gasteiger partial charge in [0.1, 0.15) is 5.75 Å². The Kier molecular flexibility index (Phi) is 16.1. The highest BCUT2D eigenvalue weighted by Gasteiger charge is 2.16. The smallest absolute Gasteiger partial charge is 0.305 e. The number of methoxy groups -OCH3 is 1. The van der Waals surface area contributed by atoms with E-state index in [-0.39, 0.29) is 41.8 Å². The Morgan fingerprint density at radius 1 is 1.17 bits per heavy atom. The number of aromatic hydroxyl groups is 1. The lowest BCUT2D eigenvalue weighted by atomic mass is 10.1. The highest BCUT2D eigenvalue weighted by atomic mass is 35.5. The van der Waals surface area contributed by atoms with Gasteiger partial charge in [-0.3, -0.25) is 14.4 Å². The Hall–Kier alpha value is -3.53. The van der Waals surface area contributed by atoms with Gasteiger partial charge in [-0.15, -0.1) is 0 Å². The first kappa shape index (κ1) is 32.5. The Morgan fingerprint density at radius 2 is 1.83 bits per heavy atom. The van der Waals surface area contributed by atoms with Crippen LogP contribution in [0.25, 0.3) is 0 Å². The number of pyridine rings is 1. The third-order valence-electron chi connectivity index (χ3n) is 4.02. The van der Waals surface area contributed by atoms with Crippen LogP contribution in [0.15, 0.2) is 36.5 Å². The number of benzene rings is 1. The van der Waals surface area contributed by atoms with Gasteiger partial charge < -0.3 is 29.8 Å². The molecule has 1 aromatic heterocycles. The van der Waals surface area contributed by atoms with E-state index in [4.69, 9.17) is 36.7 Å². The van der Waals surface area contributed by atoms with Gasteiger partial charge in [-0.1, -0.05) is 38.4 Å². The lowest BCUT2D eigenvalue weighted by Crippen LogP contribution is -2.17. The Balaban J connectivity index is 0.000000553. The van der Waals surface area contributed by atoms with E-state index in [0.29, 0.717) is 17.4 Å². The zero-order valence-corrected chi connectivity index (χ0v) is 22.2. The summed E-state index contributed by atoms with van der Waals surface area (Å²) in [5.74, 6) is -0.245. The van der Waals surface area contributed by atoms with Gasteiger partial charge in [-0.05, 0) is 37.5 Å². The summed E-state index contributed by atoms with van der Waals surface area (Å²) in [6, 6.07) is 7.96. The van der Waals surface area contributed by atoms with Crippen LogP contribution in [0.1, 0.15) is 57.9 Å². The predicted octanol–water partition coefficient (Wildman–Crippen LogP) is 4.51. The molecule has 3 N–H and O–H groups in total. The number of carbonyl (C=O) groups excluding carboxylic acids is 3. The quantitative estimate of drug-likeness (QED) is 0.355. The van der Waals surface area contributed by atoms with Crippen LogP contribution in [-0.4, -0.2) is 47.9 Å². The molecule has 1 heterocycles. The van der Waals surface area contributed by atoms with E-state index in [2.05, 4.69) is 23.6 Å². The summed E-state index contributed by atoms with van der Waals surface area (Å²) in [6.45, 7) is 8.88. The number of nitrogens with two attached hydrogens (primary N) is 1. The van der Waals surface area contributed by atoms with Crippen molar-refractivity contribution in [1.29, 1.82) is 0 Å². The molecule has 0 radical (unpaired) electrons. The number of esters is 2. The molecule has 0 aliphatic carbocycles. The molecule has 1 unspecified atom stereocenters. The van der Waals surface area contributed by atoms with Crippen molar-refractivity contribution in [2.24, 2.45) is 11.7 Å². The zero-order chi connectivity index (χ0) is 27.7. The number of hydrogen-bond acceptors (Lipinski definition) is 9. The molecule has 0 aliphatic heterocycles. The highest BCUT2D eigenvalue weighted by molar-refractivity contribution is 6.30. The van der Waals surface area contributed by atoms with E-state index < -0.39 is 11.9 Å². The van der Waals surface area contributed by atoms with Gasteiger partial charge in [0.2, 0.25) is 6.79 Å². The monoisotopic (exact) mass is 526 g/mol. The molecule has 0 bridgehead atoms. The van der Waals surface area contributed by atoms with Gasteiger partial charge in [0.25, 0.3) is 5.91 Å². The van der Waals surface area contributed by atoms with Gasteiger partial charge in [0, 0.05) is 30.6 Å². The number of phenols is 1. The first-order chi connectivity index (χ1) is 16.9. The van der Waals surface area contributed by atoms with Crippen LogP contribution < -0.4 is 15.2 Å². The molecule has 11 heteroatoms. The summed E-state index contributed by atoms with van der Waals surface area (Å²) < 4.78 is 19.7. The fourth-order valence-electron chi connectivity index (χ4n) is 2.57. The molecular formula is C25H35ClN2O8. The van der Waals surface area contributed by atoms with E-state index in [1.54, 1.807) is 18.2 Å². The van der Waals surface area contributed by atoms with Crippen LogP contribution in [0.4, 0.5) is 0 Å². The number of rotatable bonds is 9. The van der Waals surface area contributed by atoms with Crippen LogP contribution in [0.3, 0.4) is 0 Å². The first-order valence-electron chi connectivity index (χ1n) is 11.1. The van der Waals surface area contributed by atoms with Crippen molar-refractivity contribution >= 4 is 29.4 Å². The molecule has 0 saturated heterocycles. The lowest BCUT2D eigenvalue weighted by Gasteiger charge is -2.14. The number of nitrogens with zero attached hydrogens (tertiary/aromatic N) is 1. The van der Waals surface area contributed by atoms with E-state index in [1.165, 1.54) is 32.4 Å². The molecule has 10 nitrogen and oxygen atoms in total. The van der Waals surface area contributed by atoms with Crippen molar-refractivity contribution in [2.75, 3.05) is 13.9 Å². The number of hydrogen-bond donors (Lipinski definition) is 2. The largest absolute Gasteiger partial charge is 0.508 e. The average Bonchev–Trinajstić information content (AvgIpc) is 2.78. The van der Waals surface area contributed by atoms with Crippen molar-refractivity contribution in [3.63, 3.8) is 0 Å². The number of phenolic OH excluding ortho intramolecular Hbond substituents is 1. The van der Waals surface area contributed by atoms with E-state index in [0.717, 1.165) is 6.42 Å². The molecule has 0 saturated carbocycles. The van der Waals surface area contributed by atoms with E-state index >= 15 is 0 Å². The van der Waals surface area contributed by atoms with Crippen molar-refractivity contribution in [3.05, 3.63) is 47.2 Å². The number of amides is 1. The van der Waals surface area contributed by atoms with Crippen LogP contribution in [0.2, 0.25) is 5.02 Å². The van der Waals surface area contributed by atoms with Crippen molar-refractivity contribution in [3.8, 4) is 17.2 Å². The molecule has 200 valence electrons. The second-order valence-corrected chi connectivity index (χ2v) is 8.15. The van der Waals surface area contributed by atoms with Crippen molar-refractivity contribution in [1.82, 2.24) is 4.98 Å². The molecule has 0 fully saturated rings. The predicted molar refractivity (Wildman–Crippen MR) is 135 cm³/mol. The SMILES string of the molecule is CCC(=O)OC(C)CC(C)C.COc1ccnc(C(N)=O)c1OCOC(C)=O.Oc1cccc(Cl)c1. The summed E-state index contributed by atoms with van der Waals surface area (Å²) in [7, 11) is 1.40. The third-order valence-corrected chi connectivity index (χ3v) is 4.26. The highest BCUT2D eigenvalue weighted by Crippen LogP contribution is 2.29. The summed E-state index contributed by atoms with van der Waals surface area (Å²) in [5, 5.41) is 9.29. The molecule has 36 heavy (non-hydrogen) atoms. The summed E-state index contributed by atoms with van der Waals surface area (Å²) in [6.07, 6.45) is 2.86. The number of halogens is 1. The molecule has 1 amide bonds. The summed E-state index contributed by atoms with van der Waals surface area (Å²) in [5.41, 5.74) is 5.04. The first-order valence-corrected chi connectivity index (χ1v) is 11.5. The topological polar surface area (TPSA) is 147 Å². The maximum atomic E-state index is 11.1. The van der Waals surface area contributed by atoms with E-state index in [1.807, 2.05) is 13.8 Å².